The molecule has 0 unspecified atom stereocenters. The number of hydrogen-bond donors (Lipinski definition) is 1. The van der Waals surface area contributed by atoms with Crippen molar-refractivity contribution in [3.63, 3.8) is 0 Å². The van der Waals surface area contributed by atoms with E-state index < -0.39 is 23.1 Å². The first-order valence-corrected chi connectivity index (χ1v) is 8.80. The SMILES string of the molecule is C[C@@H](C(=O)NC1CC1)n1c(=O)n(-c2ccc(F)cc2)c(=O)c2ccccc21. The highest BCUT2D eigenvalue weighted by atomic mass is 19.1. The van der Waals surface area contributed by atoms with Gasteiger partial charge in [0.25, 0.3) is 5.56 Å². The molecule has 0 spiro atoms. The number of para-hydroxylation sites is 1. The van der Waals surface area contributed by atoms with Crippen molar-refractivity contribution in [2.24, 2.45) is 0 Å². The first-order chi connectivity index (χ1) is 13.0. The Kier molecular flexibility index (Phi) is 4.14. The molecule has 4 rings (SSSR count). The Morgan fingerprint density at radius 1 is 1.11 bits per heavy atom. The molecular formula is C20H18FN3O3. The zero-order chi connectivity index (χ0) is 19.1. The van der Waals surface area contributed by atoms with Crippen LogP contribution < -0.4 is 16.6 Å². The number of nitrogens with zero attached hydrogens (tertiary/aromatic N) is 2. The largest absolute Gasteiger partial charge is 0.352 e. The molecule has 7 heteroatoms. The van der Waals surface area contributed by atoms with Gasteiger partial charge >= 0.3 is 5.69 Å². The van der Waals surface area contributed by atoms with Crippen LogP contribution in [0.25, 0.3) is 16.6 Å². The molecule has 0 aliphatic heterocycles. The third kappa shape index (κ3) is 3.05. The summed E-state index contributed by atoms with van der Waals surface area (Å²) in [5, 5.41) is 3.20. The molecule has 0 saturated heterocycles. The first kappa shape index (κ1) is 17.2. The number of aromatic nitrogens is 2. The molecular weight excluding hydrogens is 349 g/mol. The minimum atomic E-state index is -0.796. The van der Waals surface area contributed by atoms with Crippen LogP contribution in [-0.4, -0.2) is 21.1 Å². The number of carbonyl (C=O) groups is 1. The lowest BCUT2D eigenvalue weighted by Gasteiger charge is -2.19. The zero-order valence-electron chi connectivity index (χ0n) is 14.7. The van der Waals surface area contributed by atoms with E-state index in [0.717, 1.165) is 17.4 Å². The molecule has 1 saturated carbocycles. The standard InChI is InChI=1S/C20H18FN3O3/c1-12(18(25)22-14-8-9-14)23-17-5-3-2-4-16(17)19(26)24(20(23)27)15-10-6-13(21)7-11-15/h2-7,10-12,14H,8-9H2,1H3,(H,22,25)/t12-/m0/s1. The Bertz CT molecular complexity index is 1140. The number of rotatable bonds is 4. The molecule has 2 aromatic carbocycles. The zero-order valence-corrected chi connectivity index (χ0v) is 14.7. The van der Waals surface area contributed by atoms with Crippen molar-refractivity contribution in [2.75, 3.05) is 0 Å². The Balaban J connectivity index is 1.97. The average molecular weight is 367 g/mol. The molecule has 1 fully saturated rings. The second kappa shape index (κ2) is 6.50. The van der Waals surface area contributed by atoms with Crippen molar-refractivity contribution in [1.82, 2.24) is 14.5 Å². The molecule has 1 aliphatic rings. The van der Waals surface area contributed by atoms with Crippen LogP contribution in [0.3, 0.4) is 0 Å². The molecule has 27 heavy (non-hydrogen) atoms. The van der Waals surface area contributed by atoms with Gasteiger partial charge in [-0.1, -0.05) is 12.1 Å². The lowest BCUT2D eigenvalue weighted by atomic mass is 10.2. The fourth-order valence-electron chi connectivity index (χ4n) is 3.14. The number of benzene rings is 2. The fraction of sp³-hybridized carbons (Fsp3) is 0.250. The summed E-state index contributed by atoms with van der Waals surface area (Å²) < 4.78 is 15.6. The summed E-state index contributed by atoms with van der Waals surface area (Å²) in [6.07, 6.45) is 1.87. The van der Waals surface area contributed by atoms with Gasteiger partial charge in [0, 0.05) is 6.04 Å². The monoisotopic (exact) mass is 367 g/mol. The molecule has 3 aromatic rings. The van der Waals surface area contributed by atoms with Gasteiger partial charge < -0.3 is 5.32 Å². The van der Waals surface area contributed by atoms with Gasteiger partial charge in [-0.05, 0) is 56.2 Å². The van der Waals surface area contributed by atoms with Crippen molar-refractivity contribution >= 4 is 16.8 Å². The number of hydrogen-bond acceptors (Lipinski definition) is 3. The van der Waals surface area contributed by atoms with Crippen molar-refractivity contribution in [2.45, 2.75) is 31.8 Å². The van der Waals surface area contributed by atoms with Crippen LogP contribution in [0.5, 0.6) is 0 Å². The highest BCUT2D eigenvalue weighted by Crippen LogP contribution is 2.21. The summed E-state index contributed by atoms with van der Waals surface area (Å²) in [7, 11) is 0. The Morgan fingerprint density at radius 2 is 1.78 bits per heavy atom. The quantitative estimate of drug-likeness (QED) is 0.768. The van der Waals surface area contributed by atoms with Crippen LogP contribution in [0.15, 0.2) is 58.1 Å². The normalized spacial score (nSPS) is 14.9. The van der Waals surface area contributed by atoms with Crippen LogP contribution in [-0.2, 0) is 4.79 Å². The minimum Gasteiger partial charge on any atom is -0.352 e. The second-order valence-electron chi connectivity index (χ2n) is 6.75. The molecule has 1 atom stereocenters. The molecule has 138 valence electrons. The van der Waals surface area contributed by atoms with Crippen molar-refractivity contribution in [3.8, 4) is 5.69 Å². The van der Waals surface area contributed by atoms with Gasteiger partial charge in [-0.2, -0.15) is 0 Å². The molecule has 1 N–H and O–H groups in total. The van der Waals surface area contributed by atoms with Crippen LogP contribution in [0.4, 0.5) is 4.39 Å². The van der Waals surface area contributed by atoms with E-state index in [1.807, 2.05) is 0 Å². The van der Waals surface area contributed by atoms with Crippen molar-refractivity contribution < 1.29 is 9.18 Å². The van der Waals surface area contributed by atoms with E-state index in [9.17, 15) is 18.8 Å². The van der Waals surface area contributed by atoms with Gasteiger partial charge in [0.15, 0.2) is 0 Å². The van der Waals surface area contributed by atoms with Gasteiger partial charge in [0.1, 0.15) is 11.9 Å². The summed E-state index contributed by atoms with van der Waals surface area (Å²) in [6.45, 7) is 1.63. The molecule has 1 aromatic heterocycles. The third-order valence-electron chi connectivity index (χ3n) is 4.77. The lowest BCUT2D eigenvalue weighted by molar-refractivity contribution is -0.124. The molecule has 1 heterocycles. The summed E-state index contributed by atoms with van der Waals surface area (Å²) in [6, 6.07) is 11.1. The topological polar surface area (TPSA) is 73.1 Å². The Hall–Kier alpha value is -3.22. The smallest absolute Gasteiger partial charge is 0.336 e. The molecule has 1 aliphatic carbocycles. The Morgan fingerprint density at radius 3 is 2.44 bits per heavy atom. The predicted molar refractivity (Wildman–Crippen MR) is 99.6 cm³/mol. The third-order valence-corrected chi connectivity index (χ3v) is 4.77. The summed E-state index contributed by atoms with van der Waals surface area (Å²) in [5.41, 5.74) is -0.498. The highest BCUT2D eigenvalue weighted by molar-refractivity contribution is 5.84. The summed E-state index contributed by atoms with van der Waals surface area (Å²) in [5.74, 6) is -0.737. The van der Waals surface area contributed by atoms with Crippen LogP contribution in [0, 0.1) is 5.82 Å². The number of carbonyl (C=O) groups excluding carboxylic acids is 1. The van der Waals surface area contributed by atoms with Gasteiger partial charge in [-0.15, -0.1) is 0 Å². The van der Waals surface area contributed by atoms with Gasteiger partial charge in [-0.25, -0.2) is 13.8 Å². The Labute approximate surface area is 153 Å². The maximum Gasteiger partial charge on any atom is 0.336 e. The molecule has 0 bridgehead atoms. The number of halogens is 1. The van der Waals surface area contributed by atoms with E-state index in [1.165, 1.54) is 28.8 Å². The van der Waals surface area contributed by atoms with Gasteiger partial charge in [0.05, 0.1) is 16.6 Å². The first-order valence-electron chi connectivity index (χ1n) is 8.80. The number of fused-ring (bicyclic) bond motifs is 1. The molecule has 6 nitrogen and oxygen atoms in total. The van der Waals surface area contributed by atoms with E-state index in [1.54, 1.807) is 31.2 Å². The lowest BCUT2D eigenvalue weighted by Crippen LogP contribution is -2.44. The van der Waals surface area contributed by atoms with E-state index in [-0.39, 0.29) is 17.6 Å². The van der Waals surface area contributed by atoms with Crippen LogP contribution in [0.2, 0.25) is 0 Å². The average Bonchev–Trinajstić information content (AvgIpc) is 3.47. The van der Waals surface area contributed by atoms with Crippen LogP contribution >= 0.6 is 0 Å². The van der Waals surface area contributed by atoms with E-state index in [2.05, 4.69) is 5.32 Å². The second-order valence-corrected chi connectivity index (χ2v) is 6.75. The highest BCUT2D eigenvalue weighted by Gasteiger charge is 2.28. The predicted octanol–water partition coefficient (Wildman–Crippen LogP) is 2.13. The van der Waals surface area contributed by atoms with Gasteiger partial charge in [-0.3, -0.25) is 14.2 Å². The maximum absolute atomic E-state index is 13.3. The minimum absolute atomic E-state index is 0.157. The van der Waals surface area contributed by atoms with Crippen molar-refractivity contribution in [1.29, 1.82) is 0 Å². The molecule has 1 amide bonds. The van der Waals surface area contributed by atoms with E-state index in [4.69, 9.17) is 0 Å². The summed E-state index contributed by atoms with van der Waals surface area (Å²) >= 11 is 0. The number of nitrogens with one attached hydrogen (secondary N) is 1. The van der Waals surface area contributed by atoms with Crippen molar-refractivity contribution in [3.05, 3.63) is 75.2 Å². The number of amides is 1. The molecule has 0 radical (unpaired) electrons. The van der Waals surface area contributed by atoms with E-state index in [0.29, 0.717) is 10.9 Å². The van der Waals surface area contributed by atoms with E-state index >= 15 is 0 Å². The fourth-order valence-corrected chi connectivity index (χ4v) is 3.14. The van der Waals surface area contributed by atoms with Gasteiger partial charge in [0.2, 0.25) is 5.91 Å². The maximum atomic E-state index is 13.3. The van der Waals surface area contributed by atoms with Crippen LogP contribution in [0.1, 0.15) is 25.8 Å². The summed E-state index contributed by atoms with van der Waals surface area (Å²) in [4.78, 5) is 38.7.